The number of ether oxygens (including phenoxy) is 1. The summed E-state index contributed by atoms with van der Waals surface area (Å²) in [6.45, 7) is 3.87. The SMILES string of the molecule is CC1CC1c1ccc(CNC2CCCOc3ccccc32)o1. The molecule has 1 fully saturated rings. The van der Waals surface area contributed by atoms with Crippen molar-refractivity contribution in [2.45, 2.75) is 44.7 Å². The summed E-state index contributed by atoms with van der Waals surface area (Å²) in [4.78, 5) is 0. The van der Waals surface area contributed by atoms with E-state index in [0.717, 1.165) is 49.2 Å². The fourth-order valence-corrected chi connectivity index (χ4v) is 3.37. The lowest BCUT2D eigenvalue weighted by molar-refractivity contribution is 0.315. The zero-order valence-electron chi connectivity index (χ0n) is 13.0. The number of rotatable bonds is 4. The fraction of sp³-hybridized carbons (Fsp3) is 0.474. The van der Waals surface area contributed by atoms with E-state index in [1.165, 1.54) is 12.0 Å². The number of nitrogens with one attached hydrogen (secondary N) is 1. The molecule has 0 amide bonds. The lowest BCUT2D eigenvalue weighted by atomic mass is 10.0. The summed E-state index contributed by atoms with van der Waals surface area (Å²) in [5, 5.41) is 3.64. The third-order valence-electron chi connectivity index (χ3n) is 4.87. The standard InChI is InChI=1S/C19H23NO2/c1-13-11-16(13)19-9-8-14(22-19)12-20-17-6-4-10-21-18-7-3-2-5-15(17)18/h2-3,5,7-9,13,16-17,20H,4,6,10-12H2,1H3. The molecular weight excluding hydrogens is 274 g/mol. The van der Waals surface area contributed by atoms with Crippen LogP contribution in [0.25, 0.3) is 0 Å². The maximum absolute atomic E-state index is 5.99. The number of hydrogen-bond donors (Lipinski definition) is 1. The average molecular weight is 297 g/mol. The third-order valence-corrected chi connectivity index (χ3v) is 4.87. The summed E-state index contributed by atoms with van der Waals surface area (Å²) >= 11 is 0. The molecule has 0 bridgehead atoms. The molecule has 0 saturated heterocycles. The van der Waals surface area contributed by atoms with Crippen LogP contribution in [0.3, 0.4) is 0 Å². The quantitative estimate of drug-likeness (QED) is 0.908. The van der Waals surface area contributed by atoms with Gasteiger partial charge in [-0.2, -0.15) is 0 Å². The lowest BCUT2D eigenvalue weighted by Crippen LogP contribution is -2.20. The second-order valence-corrected chi connectivity index (χ2v) is 6.59. The van der Waals surface area contributed by atoms with E-state index in [4.69, 9.17) is 9.15 Å². The van der Waals surface area contributed by atoms with Crippen LogP contribution in [-0.2, 0) is 6.54 Å². The van der Waals surface area contributed by atoms with Crippen LogP contribution in [0.4, 0.5) is 0 Å². The van der Waals surface area contributed by atoms with E-state index < -0.39 is 0 Å². The number of furan rings is 1. The van der Waals surface area contributed by atoms with Crippen molar-refractivity contribution in [3.63, 3.8) is 0 Å². The van der Waals surface area contributed by atoms with Crippen LogP contribution in [0, 0.1) is 5.92 Å². The van der Waals surface area contributed by atoms with Gasteiger partial charge in [-0.3, -0.25) is 0 Å². The van der Waals surface area contributed by atoms with Gasteiger partial charge in [0.1, 0.15) is 17.3 Å². The molecule has 116 valence electrons. The molecule has 1 aromatic carbocycles. The number of benzene rings is 1. The highest BCUT2D eigenvalue weighted by Crippen LogP contribution is 2.47. The maximum atomic E-state index is 5.99. The first-order chi connectivity index (χ1) is 10.8. The Labute approximate surface area is 131 Å². The summed E-state index contributed by atoms with van der Waals surface area (Å²) in [7, 11) is 0. The molecule has 2 aliphatic rings. The van der Waals surface area contributed by atoms with E-state index in [9.17, 15) is 0 Å². The second-order valence-electron chi connectivity index (χ2n) is 6.59. The van der Waals surface area contributed by atoms with Crippen LogP contribution in [0.5, 0.6) is 5.75 Å². The van der Waals surface area contributed by atoms with Crippen molar-refractivity contribution in [1.82, 2.24) is 5.32 Å². The van der Waals surface area contributed by atoms with Gasteiger partial charge in [0.15, 0.2) is 0 Å². The fourth-order valence-electron chi connectivity index (χ4n) is 3.37. The molecule has 0 radical (unpaired) electrons. The molecule has 4 rings (SSSR count). The van der Waals surface area contributed by atoms with Gasteiger partial charge in [-0.25, -0.2) is 0 Å². The van der Waals surface area contributed by atoms with Gasteiger partial charge < -0.3 is 14.5 Å². The Morgan fingerprint density at radius 2 is 2.05 bits per heavy atom. The van der Waals surface area contributed by atoms with Gasteiger partial charge in [0.2, 0.25) is 0 Å². The van der Waals surface area contributed by atoms with Crippen LogP contribution >= 0.6 is 0 Å². The van der Waals surface area contributed by atoms with Crippen molar-refractivity contribution in [1.29, 1.82) is 0 Å². The molecule has 2 aromatic rings. The molecule has 1 saturated carbocycles. The second kappa shape index (κ2) is 5.81. The van der Waals surface area contributed by atoms with E-state index in [-0.39, 0.29) is 0 Å². The first kappa shape index (κ1) is 13.9. The largest absolute Gasteiger partial charge is 0.493 e. The maximum Gasteiger partial charge on any atom is 0.124 e. The third kappa shape index (κ3) is 2.78. The van der Waals surface area contributed by atoms with Crippen molar-refractivity contribution in [2.24, 2.45) is 5.92 Å². The zero-order valence-corrected chi connectivity index (χ0v) is 13.0. The molecule has 0 spiro atoms. The van der Waals surface area contributed by atoms with E-state index in [1.54, 1.807) is 0 Å². The Balaban J connectivity index is 1.44. The minimum absolute atomic E-state index is 0.340. The van der Waals surface area contributed by atoms with E-state index in [1.807, 2.05) is 6.07 Å². The highest BCUT2D eigenvalue weighted by atomic mass is 16.5. The Morgan fingerprint density at radius 1 is 1.18 bits per heavy atom. The van der Waals surface area contributed by atoms with Crippen LogP contribution in [0.1, 0.15) is 55.2 Å². The van der Waals surface area contributed by atoms with Gasteiger partial charge in [-0.15, -0.1) is 0 Å². The van der Waals surface area contributed by atoms with Crippen molar-refractivity contribution in [2.75, 3.05) is 6.61 Å². The molecule has 3 unspecified atom stereocenters. The number of fused-ring (bicyclic) bond motifs is 1. The summed E-state index contributed by atoms with van der Waals surface area (Å²) < 4.78 is 11.8. The Hall–Kier alpha value is -1.74. The first-order valence-electron chi connectivity index (χ1n) is 8.35. The van der Waals surface area contributed by atoms with Crippen molar-refractivity contribution >= 4 is 0 Å². The van der Waals surface area contributed by atoms with E-state index in [0.29, 0.717) is 12.0 Å². The predicted molar refractivity (Wildman–Crippen MR) is 86.0 cm³/mol. The molecular formula is C19H23NO2. The van der Waals surface area contributed by atoms with Gasteiger partial charge in [0.25, 0.3) is 0 Å². The summed E-state index contributed by atoms with van der Waals surface area (Å²) in [6.07, 6.45) is 3.45. The van der Waals surface area contributed by atoms with Gasteiger partial charge >= 0.3 is 0 Å². The van der Waals surface area contributed by atoms with Crippen LogP contribution in [0.2, 0.25) is 0 Å². The van der Waals surface area contributed by atoms with Crippen molar-refractivity contribution in [3.8, 4) is 5.75 Å². The molecule has 22 heavy (non-hydrogen) atoms. The topological polar surface area (TPSA) is 34.4 Å². The molecule has 1 aliphatic heterocycles. The molecule has 3 nitrogen and oxygen atoms in total. The molecule has 1 aliphatic carbocycles. The highest BCUT2D eigenvalue weighted by molar-refractivity contribution is 5.36. The molecule has 3 atom stereocenters. The highest BCUT2D eigenvalue weighted by Gasteiger charge is 2.36. The zero-order chi connectivity index (χ0) is 14.9. The monoisotopic (exact) mass is 297 g/mol. The molecule has 1 aromatic heterocycles. The molecule has 3 heteroatoms. The van der Waals surface area contributed by atoms with Gasteiger partial charge in [-0.05, 0) is 43.4 Å². The smallest absolute Gasteiger partial charge is 0.124 e. The first-order valence-corrected chi connectivity index (χ1v) is 8.35. The summed E-state index contributed by atoms with van der Waals surface area (Å²) in [5.74, 6) is 4.66. The Bertz CT molecular complexity index is 648. The summed E-state index contributed by atoms with van der Waals surface area (Å²) in [6, 6.07) is 13.0. The van der Waals surface area contributed by atoms with Crippen molar-refractivity contribution in [3.05, 3.63) is 53.5 Å². The van der Waals surface area contributed by atoms with Crippen LogP contribution in [-0.4, -0.2) is 6.61 Å². The van der Waals surface area contributed by atoms with Crippen LogP contribution < -0.4 is 10.1 Å². The minimum atomic E-state index is 0.340. The van der Waals surface area contributed by atoms with E-state index in [2.05, 4.69) is 42.6 Å². The minimum Gasteiger partial charge on any atom is -0.493 e. The number of para-hydroxylation sites is 1. The van der Waals surface area contributed by atoms with Gasteiger partial charge in [-0.1, -0.05) is 25.1 Å². The normalized spacial score (nSPS) is 26.9. The molecule has 1 N–H and O–H groups in total. The Morgan fingerprint density at radius 3 is 2.91 bits per heavy atom. The van der Waals surface area contributed by atoms with Gasteiger partial charge in [0, 0.05) is 17.5 Å². The molecule has 2 heterocycles. The average Bonchev–Trinajstić information content (AvgIpc) is 3.15. The van der Waals surface area contributed by atoms with Crippen LogP contribution in [0.15, 0.2) is 40.8 Å². The predicted octanol–water partition coefficient (Wildman–Crippen LogP) is 4.41. The summed E-state index contributed by atoms with van der Waals surface area (Å²) in [5.41, 5.74) is 1.27. The van der Waals surface area contributed by atoms with E-state index >= 15 is 0 Å². The lowest BCUT2D eigenvalue weighted by Gasteiger charge is -2.17. The van der Waals surface area contributed by atoms with Gasteiger partial charge in [0.05, 0.1) is 13.2 Å². The number of hydrogen-bond acceptors (Lipinski definition) is 3. The Kier molecular flexibility index (Phi) is 3.67. The van der Waals surface area contributed by atoms with Crippen molar-refractivity contribution < 1.29 is 9.15 Å².